The van der Waals surface area contributed by atoms with Crippen LogP contribution in [0.15, 0.2) is 42.5 Å². The normalized spacial score (nSPS) is 12.1. The van der Waals surface area contributed by atoms with Crippen LogP contribution in [0, 0.1) is 21.7 Å². The average molecular weight is 292 g/mol. The highest BCUT2D eigenvalue weighted by molar-refractivity contribution is 5.35. The summed E-state index contributed by atoms with van der Waals surface area (Å²) in [5.74, 6) is -0.998. The van der Waals surface area contributed by atoms with Gasteiger partial charge < -0.3 is 5.32 Å². The lowest BCUT2D eigenvalue weighted by Gasteiger charge is -2.15. The number of benzene rings is 2. The van der Waals surface area contributed by atoms with Crippen molar-refractivity contribution in [3.05, 3.63) is 75.3 Å². The highest BCUT2D eigenvalue weighted by atomic mass is 19.1. The van der Waals surface area contributed by atoms with Crippen LogP contribution in [-0.2, 0) is 6.54 Å². The van der Waals surface area contributed by atoms with Crippen LogP contribution in [0.2, 0.25) is 0 Å². The summed E-state index contributed by atoms with van der Waals surface area (Å²) in [4.78, 5) is 10.0. The second kappa shape index (κ2) is 6.41. The first-order valence-corrected chi connectivity index (χ1v) is 6.39. The van der Waals surface area contributed by atoms with Gasteiger partial charge in [0.15, 0.2) is 0 Å². The highest BCUT2D eigenvalue weighted by Crippen LogP contribution is 2.19. The molecule has 2 aromatic rings. The third kappa shape index (κ3) is 3.82. The van der Waals surface area contributed by atoms with E-state index in [4.69, 9.17) is 0 Å². The number of nitro benzene ring substituents is 1. The predicted octanol–water partition coefficient (Wildman–Crippen LogP) is 3.72. The fraction of sp³-hybridized carbons (Fsp3) is 0.200. The van der Waals surface area contributed by atoms with Gasteiger partial charge in [-0.05, 0) is 24.6 Å². The molecule has 2 aromatic carbocycles. The molecule has 1 atom stereocenters. The monoisotopic (exact) mass is 292 g/mol. The van der Waals surface area contributed by atoms with Crippen LogP contribution in [0.3, 0.4) is 0 Å². The van der Waals surface area contributed by atoms with Crippen molar-refractivity contribution in [1.82, 2.24) is 5.32 Å². The summed E-state index contributed by atoms with van der Waals surface area (Å²) in [5, 5.41) is 13.7. The van der Waals surface area contributed by atoms with Crippen LogP contribution in [0.4, 0.5) is 14.5 Å². The lowest BCUT2D eigenvalue weighted by Crippen LogP contribution is -2.19. The molecule has 0 spiro atoms. The Morgan fingerprint density at radius 1 is 1.24 bits per heavy atom. The van der Waals surface area contributed by atoms with E-state index in [1.807, 2.05) is 0 Å². The summed E-state index contributed by atoms with van der Waals surface area (Å²) in [7, 11) is 0. The molecular formula is C15H14F2N2O2. The van der Waals surface area contributed by atoms with E-state index in [1.54, 1.807) is 25.1 Å². The summed E-state index contributed by atoms with van der Waals surface area (Å²) in [5.41, 5.74) is 0.624. The molecule has 0 saturated heterocycles. The van der Waals surface area contributed by atoms with Crippen LogP contribution in [0.25, 0.3) is 0 Å². The quantitative estimate of drug-likeness (QED) is 0.675. The van der Waals surface area contributed by atoms with Crippen molar-refractivity contribution < 1.29 is 13.7 Å². The fourth-order valence-electron chi connectivity index (χ4n) is 2.05. The molecule has 0 aromatic heterocycles. The van der Waals surface area contributed by atoms with Crippen molar-refractivity contribution in [2.75, 3.05) is 0 Å². The maximum absolute atomic E-state index is 13.6. The summed E-state index contributed by atoms with van der Waals surface area (Å²) >= 11 is 0. The Bertz CT molecular complexity index is 662. The van der Waals surface area contributed by atoms with Crippen molar-refractivity contribution in [2.24, 2.45) is 0 Å². The van der Waals surface area contributed by atoms with E-state index in [0.29, 0.717) is 11.1 Å². The predicted molar refractivity (Wildman–Crippen MR) is 74.7 cm³/mol. The largest absolute Gasteiger partial charge is 0.306 e. The maximum Gasteiger partial charge on any atom is 0.272 e. The number of nitro groups is 1. The van der Waals surface area contributed by atoms with E-state index in [2.05, 4.69) is 5.32 Å². The van der Waals surface area contributed by atoms with Gasteiger partial charge in [-0.3, -0.25) is 10.1 Å². The van der Waals surface area contributed by atoms with Crippen LogP contribution in [0.5, 0.6) is 0 Å². The Balaban J connectivity index is 2.09. The van der Waals surface area contributed by atoms with Crippen LogP contribution in [-0.4, -0.2) is 4.92 Å². The summed E-state index contributed by atoms with van der Waals surface area (Å²) in [6.45, 7) is 1.97. The third-order valence-electron chi connectivity index (χ3n) is 3.14. The Labute approximate surface area is 120 Å². The first-order chi connectivity index (χ1) is 9.97. The summed E-state index contributed by atoms with van der Waals surface area (Å²) in [6, 6.07) is 9.42. The molecule has 0 radical (unpaired) electrons. The van der Waals surface area contributed by atoms with Gasteiger partial charge in [0.25, 0.3) is 5.69 Å². The molecule has 0 amide bonds. The number of hydrogen-bond donors (Lipinski definition) is 1. The maximum atomic E-state index is 13.6. The van der Waals surface area contributed by atoms with Crippen molar-refractivity contribution >= 4 is 5.69 Å². The molecule has 0 bridgehead atoms. The van der Waals surface area contributed by atoms with Gasteiger partial charge in [0.2, 0.25) is 0 Å². The third-order valence-corrected chi connectivity index (χ3v) is 3.14. The molecular weight excluding hydrogens is 278 g/mol. The molecule has 2 rings (SSSR count). The summed E-state index contributed by atoms with van der Waals surface area (Å²) < 4.78 is 26.9. The molecule has 4 nitrogen and oxygen atoms in total. The van der Waals surface area contributed by atoms with E-state index in [9.17, 15) is 18.9 Å². The Kier molecular flexibility index (Phi) is 4.59. The number of halogens is 2. The molecule has 110 valence electrons. The minimum absolute atomic E-state index is 0.202. The van der Waals surface area contributed by atoms with Gasteiger partial charge >= 0.3 is 0 Å². The Morgan fingerprint density at radius 2 is 1.95 bits per heavy atom. The van der Waals surface area contributed by atoms with Crippen molar-refractivity contribution in [3.8, 4) is 0 Å². The molecule has 0 saturated carbocycles. The van der Waals surface area contributed by atoms with E-state index in [1.165, 1.54) is 18.2 Å². The fourth-order valence-corrected chi connectivity index (χ4v) is 2.05. The zero-order valence-electron chi connectivity index (χ0n) is 11.3. The number of hydrogen-bond acceptors (Lipinski definition) is 3. The van der Waals surface area contributed by atoms with Crippen LogP contribution >= 0.6 is 0 Å². The van der Waals surface area contributed by atoms with Gasteiger partial charge in [0.05, 0.1) is 11.0 Å². The molecule has 0 aliphatic carbocycles. The lowest BCUT2D eigenvalue weighted by molar-refractivity contribution is -0.385. The Morgan fingerprint density at radius 3 is 2.62 bits per heavy atom. The van der Waals surface area contributed by atoms with E-state index in [-0.39, 0.29) is 24.1 Å². The van der Waals surface area contributed by atoms with E-state index >= 15 is 0 Å². The zero-order chi connectivity index (χ0) is 15.4. The number of nitrogens with zero attached hydrogens (tertiary/aromatic N) is 1. The van der Waals surface area contributed by atoms with Crippen LogP contribution in [0.1, 0.15) is 24.1 Å². The van der Waals surface area contributed by atoms with E-state index < -0.39 is 10.7 Å². The smallest absolute Gasteiger partial charge is 0.272 e. The number of non-ortho nitro benzene ring substituents is 1. The van der Waals surface area contributed by atoms with Gasteiger partial charge in [0.1, 0.15) is 11.6 Å². The second-order valence-electron chi connectivity index (χ2n) is 4.70. The zero-order valence-corrected chi connectivity index (χ0v) is 11.3. The SMILES string of the molecule is C[C@@H](NCc1cc(F)cc([N+](=O)[O-])c1)c1ccccc1F. The van der Waals surface area contributed by atoms with Crippen LogP contribution < -0.4 is 5.32 Å². The molecule has 21 heavy (non-hydrogen) atoms. The van der Waals surface area contributed by atoms with Crippen molar-refractivity contribution in [2.45, 2.75) is 19.5 Å². The number of nitrogens with one attached hydrogen (secondary N) is 1. The highest BCUT2D eigenvalue weighted by Gasteiger charge is 2.12. The molecule has 0 fully saturated rings. The Hall–Kier alpha value is -2.34. The molecule has 1 N–H and O–H groups in total. The topological polar surface area (TPSA) is 55.2 Å². The minimum atomic E-state index is -0.667. The summed E-state index contributed by atoms with van der Waals surface area (Å²) in [6.07, 6.45) is 0. The lowest BCUT2D eigenvalue weighted by atomic mass is 10.1. The van der Waals surface area contributed by atoms with Gasteiger partial charge in [-0.15, -0.1) is 0 Å². The average Bonchev–Trinajstić information content (AvgIpc) is 2.44. The van der Waals surface area contributed by atoms with E-state index in [0.717, 1.165) is 6.07 Å². The first kappa shape index (κ1) is 15.1. The van der Waals surface area contributed by atoms with Gasteiger partial charge in [-0.2, -0.15) is 0 Å². The molecule has 0 unspecified atom stereocenters. The number of rotatable bonds is 5. The standard InChI is InChI=1S/C15H14F2N2O2/c1-10(14-4-2-3-5-15(14)17)18-9-11-6-12(16)8-13(7-11)19(20)21/h2-8,10,18H,9H2,1H3/t10-/m1/s1. The van der Waals surface area contributed by atoms with Gasteiger partial charge in [-0.1, -0.05) is 18.2 Å². The van der Waals surface area contributed by atoms with Gasteiger partial charge in [-0.25, -0.2) is 8.78 Å². The van der Waals surface area contributed by atoms with Gasteiger partial charge in [0, 0.05) is 24.2 Å². The second-order valence-corrected chi connectivity index (χ2v) is 4.70. The van der Waals surface area contributed by atoms with Crippen molar-refractivity contribution in [1.29, 1.82) is 0 Å². The first-order valence-electron chi connectivity index (χ1n) is 6.39. The molecule has 0 aliphatic rings. The van der Waals surface area contributed by atoms with Crippen molar-refractivity contribution in [3.63, 3.8) is 0 Å². The minimum Gasteiger partial charge on any atom is -0.306 e. The molecule has 6 heteroatoms. The molecule has 0 heterocycles. The molecule has 0 aliphatic heterocycles.